The van der Waals surface area contributed by atoms with Gasteiger partial charge >= 0.3 is 0 Å². The van der Waals surface area contributed by atoms with Gasteiger partial charge in [0.05, 0.1) is 12.5 Å². The van der Waals surface area contributed by atoms with Gasteiger partial charge < -0.3 is 16.4 Å². The van der Waals surface area contributed by atoms with E-state index in [1.54, 1.807) is 19.2 Å². The number of nitrogens with one attached hydrogen (secondary N) is 2. The van der Waals surface area contributed by atoms with Gasteiger partial charge in [0.15, 0.2) is 0 Å². The number of rotatable bonds is 6. The third-order valence-electron chi connectivity index (χ3n) is 2.93. The molecule has 1 unspecified atom stereocenters. The molecule has 0 fully saturated rings. The van der Waals surface area contributed by atoms with Crippen LogP contribution in [0.5, 0.6) is 0 Å². The number of nitrogens with two attached hydrogens (primary N) is 1. The number of benzene rings is 1. The second-order valence-electron chi connectivity index (χ2n) is 5.27. The molecule has 2 amide bonds. The summed E-state index contributed by atoms with van der Waals surface area (Å²) in [4.78, 5) is 23.1. The maximum absolute atomic E-state index is 11.9. The summed E-state index contributed by atoms with van der Waals surface area (Å²) >= 11 is 0. The highest BCUT2D eigenvalue weighted by Gasteiger charge is 2.14. The zero-order valence-electron chi connectivity index (χ0n) is 12.3. The standard InChI is InChI=1S/C15H23N3O2/c1-10(2)8-13(16)15(20)18-12-6-4-11(5-7-12)9-14(19)17-3/h4-7,10,13H,8-9,16H2,1-3H3,(H,17,19)(H,18,20). The van der Waals surface area contributed by atoms with Crippen molar-refractivity contribution in [2.24, 2.45) is 11.7 Å². The van der Waals surface area contributed by atoms with E-state index in [4.69, 9.17) is 5.73 Å². The smallest absolute Gasteiger partial charge is 0.241 e. The molecule has 110 valence electrons. The van der Waals surface area contributed by atoms with Crippen molar-refractivity contribution in [1.29, 1.82) is 0 Å². The van der Waals surface area contributed by atoms with Crippen LogP contribution in [0.25, 0.3) is 0 Å². The zero-order valence-corrected chi connectivity index (χ0v) is 12.3. The first kappa shape index (κ1) is 16.2. The molecule has 0 aromatic heterocycles. The first-order valence-electron chi connectivity index (χ1n) is 6.78. The number of carbonyl (C=O) groups excluding carboxylic acids is 2. The van der Waals surface area contributed by atoms with Crippen molar-refractivity contribution < 1.29 is 9.59 Å². The molecule has 1 aromatic carbocycles. The summed E-state index contributed by atoms with van der Waals surface area (Å²) in [6.07, 6.45) is 0.984. The van der Waals surface area contributed by atoms with Crippen LogP contribution < -0.4 is 16.4 Å². The van der Waals surface area contributed by atoms with Crippen molar-refractivity contribution in [2.75, 3.05) is 12.4 Å². The van der Waals surface area contributed by atoms with Crippen LogP contribution in [0.15, 0.2) is 24.3 Å². The molecule has 0 bridgehead atoms. The SMILES string of the molecule is CNC(=O)Cc1ccc(NC(=O)C(N)CC(C)C)cc1. The van der Waals surface area contributed by atoms with Gasteiger partial charge in [0.1, 0.15) is 0 Å². The van der Waals surface area contributed by atoms with Gasteiger partial charge in [0, 0.05) is 12.7 Å². The summed E-state index contributed by atoms with van der Waals surface area (Å²) in [6.45, 7) is 4.06. The van der Waals surface area contributed by atoms with Gasteiger partial charge in [0.25, 0.3) is 0 Å². The predicted octanol–water partition coefficient (Wildman–Crippen LogP) is 1.29. The summed E-state index contributed by atoms with van der Waals surface area (Å²) in [7, 11) is 1.60. The summed E-state index contributed by atoms with van der Waals surface area (Å²) in [5.74, 6) is 0.157. The van der Waals surface area contributed by atoms with Crippen LogP contribution in [0.3, 0.4) is 0 Å². The Morgan fingerprint density at radius 2 is 1.80 bits per heavy atom. The Hall–Kier alpha value is -1.88. The van der Waals surface area contributed by atoms with Crippen molar-refractivity contribution in [3.05, 3.63) is 29.8 Å². The van der Waals surface area contributed by atoms with E-state index in [0.29, 0.717) is 24.4 Å². The van der Waals surface area contributed by atoms with Crippen LogP contribution in [-0.4, -0.2) is 24.9 Å². The Morgan fingerprint density at radius 3 is 2.30 bits per heavy atom. The lowest BCUT2D eigenvalue weighted by molar-refractivity contribution is -0.120. The van der Waals surface area contributed by atoms with Gasteiger partial charge in [-0.15, -0.1) is 0 Å². The molecule has 1 atom stereocenters. The maximum atomic E-state index is 11.9. The van der Waals surface area contributed by atoms with Gasteiger partial charge in [-0.3, -0.25) is 9.59 Å². The molecule has 0 radical (unpaired) electrons. The average Bonchev–Trinajstić information content (AvgIpc) is 2.40. The molecule has 0 aliphatic rings. The van der Waals surface area contributed by atoms with E-state index in [2.05, 4.69) is 10.6 Å². The Labute approximate surface area is 119 Å². The summed E-state index contributed by atoms with van der Waals surface area (Å²) in [6, 6.07) is 6.69. The van der Waals surface area contributed by atoms with Gasteiger partial charge in [-0.25, -0.2) is 0 Å². The normalized spacial score (nSPS) is 12.1. The highest BCUT2D eigenvalue weighted by molar-refractivity contribution is 5.94. The molecule has 1 rings (SSSR count). The summed E-state index contributed by atoms with van der Waals surface area (Å²) in [5.41, 5.74) is 7.40. The molecule has 0 saturated carbocycles. The van der Waals surface area contributed by atoms with E-state index in [1.165, 1.54) is 0 Å². The van der Waals surface area contributed by atoms with Crippen molar-refractivity contribution in [1.82, 2.24) is 5.32 Å². The second kappa shape index (κ2) is 7.65. The number of amides is 2. The minimum atomic E-state index is -0.499. The molecule has 4 N–H and O–H groups in total. The van der Waals surface area contributed by atoms with E-state index < -0.39 is 6.04 Å². The lowest BCUT2D eigenvalue weighted by Gasteiger charge is -2.14. The van der Waals surface area contributed by atoms with E-state index >= 15 is 0 Å². The van der Waals surface area contributed by atoms with Gasteiger partial charge in [-0.2, -0.15) is 0 Å². The van der Waals surface area contributed by atoms with E-state index in [1.807, 2.05) is 26.0 Å². The van der Waals surface area contributed by atoms with Gasteiger partial charge in [-0.05, 0) is 30.0 Å². The largest absolute Gasteiger partial charge is 0.359 e. The lowest BCUT2D eigenvalue weighted by Crippen LogP contribution is -2.36. The van der Waals surface area contributed by atoms with Crippen LogP contribution in [0, 0.1) is 5.92 Å². The van der Waals surface area contributed by atoms with Crippen LogP contribution in [-0.2, 0) is 16.0 Å². The fraction of sp³-hybridized carbons (Fsp3) is 0.467. The summed E-state index contributed by atoms with van der Waals surface area (Å²) in [5, 5.41) is 5.35. The second-order valence-corrected chi connectivity index (χ2v) is 5.27. The molecule has 0 aliphatic carbocycles. The van der Waals surface area contributed by atoms with Gasteiger partial charge in [0.2, 0.25) is 11.8 Å². The van der Waals surface area contributed by atoms with Crippen LogP contribution in [0.4, 0.5) is 5.69 Å². The van der Waals surface area contributed by atoms with Crippen molar-refractivity contribution in [2.45, 2.75) is 32.7 Å². The molecular weight excluding hydrogens is 254 g/mol. The molecule has 0 heterocycles. The Balaban J connectivity index is 2.56. The fourth-order valence-corrected chi connectivity index (χ4v) is 1.83. The highest BCUT2D eigenvalue weighted by atomic mass is 16.2. The van der Waals surface area contributed by atoms with Crippen molar-refractivity contribution in [3.63, 3.8) is 0 Å². The molecule has 1 aromatic rings. The number of anilines is 1. The zero-order chi connectivity index (χ0) is 15.1. The first-order valence-corrected chi connectivity index (χ1v) is 6.78. The predicted molar refractivity (Wildman–Crippen MR) is 80.3 cm³/mol. The number of hydrogen-bond donors (Lipinski definition) is 3. The minimum Gasteiger partial charge on any atom is -0.359 e. The Bertz CT molecular complexity index is 455. The van der Waals surface area contributed by atoms with Crippen molar-refractivity contribution >= 4 is 17.5 Å². The fourth-order valence-electron chi connectivity index (χ4n) is 1.83. The molecule has 0 saturated heterocycles. The highest BCUT2D eigenvalue weighted by Crippen LogP contribution is 2.11. The topological polar surface area (TPSA) is 84.2 Å². The molecule has 5 nitrogen and oxygen atoms in total. The maximum Gasteiger partial charge on any atom is 0.241 e. The monoisotopic (exact) mass is 277 g/mol. The molecule has 5 heteroatoms. The van der Waals surface area contributed by atoms with Crippen LogP contribution >= 0.6 is 0 Å². The Kier molecular flexibility index (Phi) is 6.18. The third kappa shape index (κ3) is 5.40. The van der Waals surface area contributed by atoms with Gasteiger partial charge in [-0.1, -0.05) is 26.0 Å². The number of carbonyl (C=O) groups is 2. The number of likely N-dealkylation sites (N-methyl/N-ethyl adjacent to an activating group) is 1. The van der Waals surface area contributed by atoms with E-state index in [-0.39, 0.29) is 11.8 Å². The Morgan fingerprint density at radius 1 is 1.20 bits per heavy atom. The van der Waals surface area contributed by atoms with Crippen molar-refractivity contribution in [3.8, 4) is 0 Å². The number of hydrogen-bond acceptors (Lipinski definition) is 3. The van der Waals surface area contributed by atoms with E-state index in [9.17, 15) is 9.59 Å². The molecule has 0 aliphatic heterocycles. The minimum absolute atomic E-state index is 0.0410. The molecular formula is C15H23N3O2. The van der Waals surface area contributed by atoms with Crippen LogP contribution in [0.1, 0.15) is 25.8 Å². The third-order valence-corrected chi connectivity index (χ3v) is 2.93. The summed E-state index contributed by atoms with van der Waals surface area (Å²) < 4.78 is 0. The molecule has 0 spiro atoms. The molecule has 20 heavy (non-hydrogen) atoms. The van der Waals surface area contributed by atoms with Crippen LogP contribution in [0.2, 0.25) is 0 Å². The lowest BCUT2D eigenvalue weighted by atomic mass is 10.0. The quantitative estimate of drug-likeness (QED) is 0.732. The average molecular weight is 277 g/mol. The first-order chi connectivity index (χ1) is 9.42. The van der Waals surface area contributed by atoms with E-state index in [0.717, 1.165) is 5.56 Å².